The van der Waals surface area contributed by atoms with Crippen LogP contribution >= 0.6 is 0 Å². The van der Waals surface area contributed by atoms with E-state index in [1.165, 1.54) is 0 Å². The number of nitrogens with one attached hydrogen (secondary N) is 2. The molecule has 3 N–H and O–H groups in total. The normalized spacial score (nSPS) is 12.5. The van der Waals surface area contributed by atoms with Gasteiger partial charge in [-0.1, -0.05) is 19.9 Å². The van der Waals surface area contributed by atoms with E-state index in [9.17, 15) is 9.90 Å². The third kappa shape index (κ3) is 3.96. The zero-order chi connectivity index (χ0) is 22.3. The third-order valence-corrected chi connectivity index (χ3v) is 5.59. The van der Waals surface area contributed by atoms with Crippen LogP contribution in [0.1, 0.15) is 36.9 Å². The molecule has 0 amide bonds. The van der Waals surface area contributed by atoms with Crippen LogP contribution in [0.2, 0.25) is 0 Å². The number of hydrogen-bond acceptors (Lipinski definition) is 5. The third-order valence-electron chi connectivity index (χ3n) is 5.59. The molecule has 0 bridgehead atoms. The van der Waals surface area contributed by atoms with Crippen LogP contribution in [0.25, 0.3) is 22.0 Å². The molecular weight excluding hydrogens is 390 g/mol. The van der Waals surface area contributed by atoms with Gasteiger partial charge >= 0.3 is 0 Å². The van der Waals surface area contributed by atoms with Crippen molar-refractivity contribution in [2.75, 3.05) is 5.32 Å². The van der Waals surface area contributed by atoms with Crippen LogP contribution in [-0.2, 0) is 7.05 Å². The Bertz CT molecular complexity index is 1320. The number of benzene rings is 1. The highest BCUT2D eigenvalue weighted by molar-refractivity contribution is 5.85. The zero-order valence-corrected chi connectivity index (χ0v) is 18.4. The fourth-order valence-electron chi connectivity index (χ4n) is 3.71. The fraction of sp³-hybridized carbons (Fsp3) is 0.292. The van der Waals surface area contributed by atoms with Crippen molar-refractivity contribution in [1.82, 2.24) is 19.7 Å². The monoisotopic (exact) mass is 417 g/mol. The number of aromatic amines is 1. The van der Waals surface area contributed by atoms with Gasteiger partial charge in [0, 0.05) is 41.6 Å². The number of nitrogens with zero attached hydrogens (tertiary/aromatic N) is 3. The van der Waals surface area contributed by atoms with Crippen LogP contribution in [0.15, 0.2) is 47.4 Å². The molecule has 4 rings (SSSR count). The van der Waals surface area contributed by atoms with Gasteiger partial charge in [-0.2, -0.15) is 5.10 Å². The summed E-state index contributed by atoms with van der Waals surface area (Å²) in [7, 11) is 1.79. The molecule has 0 aliphatic heterocycles. The highest BCUT2D eigenvalue weighted by Crippen LogP contribution is 2.29. The highest BCUT2D eigenvalue weighted by atomic mass is 16.3. The number of rotatable bonds is 5. The van der Waals surface area contributed by atoms with Crippen molar-refractivity contribution in [3.05, 3.63) is 69.9 Å². The minimum atomic E-state index is -0.602. The Morgan fingerprint density at radius 2 is 1.87 bits per heavy atom. The standard InChI is InChI=1S/C24H27N5O2/c1-13(2)23(30)20-11-22(28-27-20)26-17-7-6-14(3)18(10-17)19-9-16-12-25-15(4)8-21(16)29(5)24(19)31/h6-13,23,30H,1-5H3,(H2,26,27,28). The number of anilines is 2. The van der Waals surface area contributed by atoms with E-state index in [1.54, 1.807) is 23.9 Å². The van der Waals surface area contributed by atoms with E-state index in [2.05, 4.69) is 20.5 Å². The SMILES string of the molecule is Cc1cc2c(cn1)cc(-c1cc(Nc3cc(C(O)C(C)C)[nH]n3)ccc1C)c(=O)n2C. The van der Waals surface area contributed by atoms with Crippen molar-refractivity contribution < 1.29 is 5.11 Å². The molecule has 1 unspecified atom stereocenters. The second-order valence-electron chi connectivity index (χ2n) is 8.36. The Hall–Kier alpha value is -3.45. The summed E-state index contributed by atoms with van der Waals surface area (Å²) in [5.41, 5.74) is 5.63. The molecule has 0 aliphatic rings. The number of aliphatic hydroxyl groups excluding tert-OH is 1. The maximum Gasteiger partial charge on any atom is 0.258 e. The lowest BCUT2D eigenvalue weighted by atomic mass is 9.99. The molecule has 3 aromatic heterocycles. The number of hydrogen-bond donors (Lipinski definition) is 3. The lowest BCUT2D eigenvalue weighted by Gasteiger charge is -2.13. The van der Waals surface area contributed by atoms with Crippen molar-refractivity contribution in [1.29, 1.82) is 0 Å². The molecule has 0 spiro atoms. The van der Waals surface area contributed by atoms with Gasteiger partial charge in [-0.25, -0.2) is 0 Å². The molecule has 31 heavy (non-hydrogen) atoms. The molecule has 7 nitrogen and oxygen atoms in total. The van der Waals surface area contributed by atoms with Gasteiger partial charge in [0.1, 0.15) is 0 Å². The summed E-state index contributed by atoms with van der Waals surface area (Å²) in [5.74, 6) is 0.692. The van der Waals surface area contributed by atoms with Crippen LogP contribution in [0.3, 0.4) is 0 Å². The summed E-state index contributed by atoms with van der Waals surface area (Å²) in [6.45, 7) is 7.80. The molecule has 0 aliphatic carbocycles. The smallest absolute Gasteiger partial charge is 0.258 e. The van der Waals surface area contributed by atoms with Gasteiger partial charge in [-0.3, -0.25) is 14.9 Å². The number of fused-ring (bicyclic) bond motifs is 1. The molecule has 7 heteroatoms. The summed E-state index contributed by atoms with van der Waals surface area (Å²) in [5, 5.41) is 21.5. The van der Waals surface area contributed by atoms with Gasteiger partial charge in [0.05, 0.1) is 17.3 Å². The van der Waals surface area contributed by atoms with E-state index in [0.717, 1.165) is 33.4 Å². The molecule has 0 fully saturated rings. The van der Waals surface area contributed by atoms with E-state index in [0.29, 0.717) is 17.1 Å². The summed E-state index contributed by atoms with van der Waals surface area (Å²) in [6, 6.07) is 11.5. The lowest BCUT2D eigenvalue weighted by Crippen LogP contribution is -2.19. The Morgan fingerprint density at radius 1 is 1.10 bits per heavy atom. The van der Waals surface area contributed by atoms with Crippen LogP contribution in [0.4, 0.5) is 11.5 Å². The molecule has 0 radical (unpaired) electrons. The molecule has 160 valence electrons. The first-order valence-electron chi connectivity index (χ1n) is 10.3. The number of pyridine rings is 2. The zero-order valence-electron chi connectivity index (χ0n) is 18.4. The minimum absolute atomic E-state index is 0.0551. The van der Waals surface area contributed by atoms with Crippen molar-refractivity contribution >= 4 is 22.4 Å². The highest BCUT2D eigenvalue weighted by Gasteiger charge is 2.16. The Kier molecular flexibility index (Phi) is 5.37. The van der Waals surface area contributed by atoms with Gasteiger partial charge in [-0.05, 0) is 55.2 Å². The Balaban J connectivity index is 1.73. The summed E-state index contributed by atoms with van der Waals surface area (Å²) >= 11 is 0. The maximum atomic E-state index is 13.1. The minimum Gasteiger partial charge on any atom is -0.387 e. The molecule has 1 aromatic carbocycles. The fourth-order valence-corrected chi connectivity index (χ4v) is 3.71. The van der Waals surface area contributed by atoms with Crippen LogP contribution < -0.4 is 10.9 Å². The van der Waals surface area contributed by atoms with Gasteiger partial charge in [0.25, 0.3) is 5.56 Å². The van der Waals surface area contributed by atoms with Gasteiger partial charge in [0.2, 0.25) is 0 Å². The van der Waals surface area contributed by atoms with E-state index in [-0.39, 0.29) is 11.5 Å². The predicted molar refractivity (Wildman–Crippen MR) is 124 cm³/mol. The first kappa shape index (κ1) is 20.8. The predicted octanol–water partition coefficient (Wildman–Crippen LogP) is 4.37. The number of aliphatic hydroxyl groups is 1. The number of aryl methyl sites for hydroxylation is 3. The number of H-pyrrole nitrogens is 1. The molecular formula is C24H27N5O2. The maximum absolute atomic E-state index is 13.1. The quantitative estimate of drug-likeness (QED) is 0.448. The van der Waals surface area contributed by atoms with Crippen molar-refractivity contribution in [2.24, 2.45) is 13.0 Å². The molecule has 1 atom stereocenters. The second-order valence-corrected chi connectivity index (χ2v) is 8.36. The van der Waals surface area contributed by atoms with Gasteiger partial charge < -0.3 is 15.0 Å². The second kappa shape index (κ2) is 8.00. The average Bonchev–Trinajstić information content (AvgIpc) is 3.20. The molecule has 0 saturated heterocycles. The summed E-state index contributed by atoms with van der Waals surface area (Å²) in [4.78, 5) is 17.5. The Morgan fingerprint density at radius 3 is 2.61 bits per heavy atom. The first-order valence-corrected chi connectivity index (χ1v) is 10.3. The number of aromatic nitrogens is 4. The molecule has 4 aromatic rings. The van der Waals surface area contributed by atoms with E-state index in [1.807, 2.05) is 58.0 Å². The largest absolute Gasteiger partial charge is 0.387 e. The first-order chi connectivity index (χ1) is 14.7. The Labute approximate surface area is 180 Å². The molecule has 3 heterocycles. The van der Waals surface area contributed by atoms with Gasteiger partial charge in [0.15, 0.2) is 5.82 Å². The van der Waals surface area contributed by atoms with Gasteiger partial charge in [-0.15, -0.1) is 0 Å². The topological polar surface area (TPSA) is 95.8 Å². The lowest BCUT2D eigenvalue weighted by molar-refractivity contribution is 0.122. The van der Waals surface area contributed by atoms with Crippen molar-refractivity contribution in [3.63, 3.8) is 0 Å². The van der Waals surface area contributed by atoms with Crippen LogP contribution in [-0.4, -0.2) is 24.9 Å². The summed E-state index contributed by atoms with van der Waals surface area (Å²) in [6.07, 6.45) is 1.20. The van der Waals surface area contributed by atoms with E-state index in [4.69, 9.17) is 0 Å². The summed E-state index contributed by atoms with van der Waals surface area (Å²) < 4.78 is 1.67. The van der Waals surface area contributed by atoms with E-state index < -0.39 is 6.10 Å². The van der Waals surface area contributed by atoms with Crippen LogP contribution in [0.5, 0.6) is 0 Å². The van der Waals surface area contributed by atoms with E-state index >= 15 is 0 Å². The van der Waals surface area contributed by atoms with Crippen molar-refractivity contribution in [3.8, 4) is 11.1 Å². The van der Waals surface area contributed by atoms with Crippen molar-refractivity contribution in [2.45, 2.75) is 33.8 Å². The van der Waals surface area contributed by atoms with Crippen LogP contribution in [0, 0.1) is 19.8 Å². The average molecular weight is 418 g/mol. The molecule has 0 saturated carbocycles.